The van der Waals surface area contributed by atoms with Gasteiger partial charge in [-0.05, 0) is 18.1 Å². The van der Waals surface area contributed by atoms with Gasteiger partial charge in [0, 0.05) is 0 Å². The number of nitrogens with zero attached hydrogens (tertiary/aromatic N) is 1. The van der Waals surface area contributed by atoms with E-state index in [1.165, 1.54) is 6.07 Å². The Morgan fingerprint density at radius 1 is 1.38 bits per heavy atom. The first kappa shape index (κ1) is 10.4. The van der Waals surface area contributed by atoms with Gasteiger partial charge < -0.3 is 10.2 Å². The fourth-order valence-corrected chi connectivity index (χ4v) is 1.26. The minimum atomic E-state index is -4.52. The molecule has 82 valence electrons. The number of alkyl halides is 3. The molecule has 0 saturated carbocycles. The number of terminal acetylenes is 1. The van der Waals surface area contributed by atoms with Gasteiger partial charge in [-0.1, -0.05) is 0 Å². The first-order valence-electron chi connectivity index (χ1n) is 4.16. The average Bonchev–Trinajstić information content (AvgIpc) is 2.54. The normalized spacial score (nSPS) is 11.6. The van der Waals surface area contributed by atoms with Gasteiger partial charge in [-0.15, -0.1) is 6.42 Å². The largest absolute Gasteiger partial charge is 0.433 e. The molecule has 0 fully saturated rings. The lowest BCUT2D eigenvalue weighted by atomic mass is 10.2. The van der Waals surface area contributed by atoms with Crippen molar-refractivity contribution in [3.8, 4) is 12.3 Å². The summed E-state index contributed by atoms with van der Waals surface area (Å²) >= 11 is 0. The summed E-state index contributed by atoms with van der Waals surface area (Å²) in [6, 6.07) is 2.01. The number of fused-ring (bicyclic) bond motifs is 1. The lowest BCUT2D eigenvalue weighted by Crippen LogP contribution is -2.07. The Labute approximate surface area is 88.1 Å². The van der Waals surface area contributed by atoms with E-state index in [-0.39, 0.29) is 22.5 Å². The van der Waals surface area contributed by atoms with Crippen LogP contribution in [0.25, 0.3) is 11.1 Å². The van der Waals surface area contributed by atoms with Gasteiger partial charge >= 0.3 is 6.18 Å². The van der Waals surface area contributed by atoms with E-state index >= 15 is 0 Å². The van der Waals surface area contributed by atoms with Crippen molar-refractivity contribution in [3.63, 3.8) is 0 Å². The molecular weight excluding hydrogens is 221 g/mol. The first-order chi connectivity index (χ1) is 7.43. The van der Waals surface area contributed by atoms with E-state index in [0.717, 1.165) is 6.07 Å². The van der Waals surface area contributed by atoms with E-state index < -0.39 is 11.9 Å². The summed E-state index contributed by atoms with van der Waals surface area (Å²) in [6.07, 6.45) is 0.543. The molecule has 0 bridgehead atoms. The summed E-state index contributed by atoms with van der Waals surface area (Å²) in [6.45, 7) is 0. The molecule has 3 nitrogen and oxygen atoms in total. The van der Waals surface area contributed by atoms with Crippen LogP contribution in [0.4, 0.5) is 18.9 Å². The molecule has 0 amide bonds. The molecule has 2 heterocycles. The van der Waals surface area contributed by atoms with Gasteiger partial charge in [0.15, 0.2) is 0 Å². The Kier molecular flexibility index (Phi) is 2.05. The van der Waals surface area contributed by atoms with E-state index in [9.17, 15) is 13.2 Å². The standard InChI is InChI=1S/C10H5F3N2O/c1-2-6-8(14)5-3-4-7(10(11,12)13)15-9(5)16-6/h1,3-4H,14H2. The highest BCUT2D eigenvalue weighted by Crippen LogP contribution is 2.32. The number of aromatic nitrogens is 1. The van der Waals surface area contributed by atoms with E-state index in [2.05, 4.69) is 10.9 Å². The molecule has 2 rings (SSSR count). The number of hydrogen-bond acceptors (Lipinski definition) is 3. The van der Waals surface area contributed by atoms with Crippen LogP contribution in [0.15, 0.2) is 16.5 Å². The molecule has 0 aliphatic rings. The summed E-state index contributed by atoms with van der Waals surface area (Å²) in [5.41, 5.74) is 4.42. The van der Waals surface area contributed by atoms with Crippen LogP contribution in [0.1, 0.15) is 11.5 Å². The van der Waals surface area contributed by atoms with Crippen molar-refractivity contribution < 1.29 is 17.6 Å². The van der Waals surface area contributed by atoms with Crippen molar-refractivity contribution >= 4 is 16.8 Å². The molecule has 0 spiro atoms. The van der Waals surface area contributed by atoms with E-state index in [0.29, 0.717) is 0 Å². The average molecular weight is 226 g/mol. The summed E-state index contributed by atoms with van der Waals surface area (Å²) in [5.74, 6) is 2.12. The van der Waals surface area contributed by atoms with Crippen LogP contribution in [0, 0.1) is 12.3 Å². The second-order valence-electron chi connectivity index (χ2n) is 3.04. The van der Waals surface area contributed by atoms with Crippen LogP contribution in [-0.2, 0) is 6.18 Å². The van der Waals surface area contributed by atoms with Crippen molar-refractivity contribution in [2.45, 2.75) is 6.18 Å². The zero-order valence-corrected chi connectivity index (χ0v) is 7.80. The number of pyridine rings is 1. The van der Waals surface area contributed by atoms with Gasteiger partial charge in [0.2, 0.25) is 11.5 Å². The highest BCUT2D eigenvalue weighted by molar-refractivity contribution is 5.90. The molecular formula is C10H5F3N2O. The number of hydrogen-bond donors (Lipinski definition) is 1. The van der Waals surface area contributed by atoms with Crippen molar-refractivity contribution in [2.24, 2.45) is 0 Å². The maximum absolute atomic E-state index is 12.3. The molecule has 0 unspecified atom stereocenters. The number of nitrogens with two attached hydrogens (primary N) is 1. The first-order valence-corrected chi connectivity index (χ1v) is 4.16. The number of anilines is 1. The van der Waals surface area contributed by atoms with Crippen molar-refractivity contribution in [1.29, 1.82) is 0 Å². The van der Waals surface area contributed by atoms with Crippen LogP contribution in [-0.4, -0.2) is 4.98 Å². The minimum absolute atomic E-state index is 0.0122. The molecule has 6 heteroatoms. The van der Waals surface area contributed by atoms with E-state index in [4.69, 9.17) is 16.6 Å². The Hall–Kier alpha value is -2.16. The Morgan fingerprint density at radius 2 is 2.06 bits per heavy atom. The number of rotatable bonds is 0. The molecule has 0 atom stereocenters. The predicted octanol–water partition coefficient (Wildman–Crippen LogP) is 2.41. The molecule has 0 aliphatic carbocycles. The molecule has 0 aromatic carbocycles. The van der Waals surface area contributed by atoms with E-state index in [1.54, 1.807) is 0 Å². The highest BCUT2D eigenvalue weighted by atomic mass is 19.4. The zero-order valence-electron chi connectivity index (χ0n) is 7.80. The maximum Gasteiger partial charge on any atom is 0.433 e. The van der Waals surface area contributed by atoms with Gasteiger partial charge in [0.25, 0.3) is 0 Å². The molecule has 0 saturated heterocycles. The molecule has 16 heavy (non-hydrogen) atoms. The lowest BCUT2D eigenvalue weighted by Gasteiger charge is -2.03. The monoisotopic (exact) mass is 226 g/mol. The van der Waals surface area contributed by atoms with Crippen LogP contribution >= 0.6 is 0 Å². The third-order valence-electron chi connectivity index (χ3n) is 2.02. The third kappa shape index (κ3) is 1.46. The van der Waals surface area contributed by atoms with Gasteiger partial charge in [0.05, 0.1) is 11.1 Å². The van der Waals surface area contributed by atoms with Gasteiger partial charge in [-0.25, -0.2) is 4.98 Å². The molecule has 2 aromatic rings. The number of furan rings is 1. The molecule has 0 radical (unpaired) electrons. The Morgan fingerprint density at radius 3 is 2.62 bits per heavy atom. The fraction of sp³-hybridized carbons (Fsp3) is 0.100. The third-order valence-corrected chi connectivity index (χ3v) is 2.02. The van der Waals surface area contributed by atoms with E-state index in [1.807, 2.05) is 0 Å². The topological polar surface area (TPSA) is 52.0 Å². The molecule has 2 N–H and O–H groups in total. The zero-order chi connectivity index (χ0) is 11.9. The van der Waals surface area contributed by atoms with Gasteiger partial charge in [-0.3, -0.25) is 0 Å². The highest BCUT2D eigenvalue weighted by Gasteiger charge is 2.33. The maximum atomic E-state index is 12.3. The molecule has 0 aliphatic heterocycles. The summed E-state index contributed by atoms with van der Waals surface area (Å²) in [5, 5.41) is 0.279. The second-order valence-corrected chi connectivity index (χ2v) is 3.04. The SMILES string of the molecule is C#Cc1oc2nc(C(F)(F)F)ccc2c1N. The Bertz CT molecular complexity index is 592. The minimum Gasteiger partial charge on any atom is -0.427 e. The second kappa shape index (κ2) is 3.17. The smallest absolute Gasteiger partial charge is 0.427 e. The van der Waals surface area contributed by atoms with Crippen LogP contribution < -0.4 is 5.73 Å². The fourth-order valence-electron chi connectivity index (χ4n) is 1.26. The predicted molar refractivity (Wildman–Crippen MR) is 51.4 cm³/mol. The van der Waals surface area contributed by atoms with Crippen LogP contribution in [0.5, 0.6) is 0 Å². The van der Waals surface area contributed by atoms with Crippen molar-refractivity contribution in [3.05, 3.63) is 23.6 Å². The van der Waals surface area contributed by atoms with Crippen molar-refractivity contribution in [1.82, 2.24) is 4.98 Å². The van der Waals surface area contributed by atoms with Crippen molar-refractivity contribution in [2.75, 3.05) is 5.73 Å². The van der Waals surface area contributed by atoms with Gasteiger partial charge in [-0.2, -0.15) is 13.2 Å². The lowest BCUT2D eigenvalue weighted by molar-refractivity contribution is -0.141. The number of nitrogen functional groups attached to an aromatic ring is 1. The van der Waals surface area contributed by atoms with Crippen LogP contribution in [0.2, 0.25) is 0 Å². The summed E-state index contributed by atoms with van der Waals surface area (Å²) in [4.78, 5) is 3.31. The number of halogens is 3. The van der Waals surface area contributed by atoms with Gasteiger partial charge in [0.1, 0.15) is 5.69 Å². The summed E-state index contributed by atoms with van der Waals surface area (Å²) < 4.78 is 41.9. The quantitative estimate of drug-likeness (QED) is 0.702. The van der Waals surface area contributed by atoms with Crippen LogP contribution in [0.3, 0.4) is 0 Å². The Balaban J connectivity index is 2.70. The summed E-state index contributed by atoms with van der Waals surface area (Å²) in [7, 11) is 0. The molecule has 2 aromatic heterocycles.